The molecular formula is C13H26N4. The van der Waals surface area contributed by atoms with E-state index >= 15 is 0 Å². The van der Waals surface area contributed by atoms with Gasteiger partial charge in [0.05, 0.1) is 6.20 Å². The van der Waals surface area contributed by atoms with E-state index in [-0.39, 0.29) is 11.5 Å². The van der Waals surface area contributed by atoms with E-state index in [0.29, 0.717) is 6.04 Å². The van der Waals surface area contributed by atoms with Gasteiger partial charge in [-0.15, -0.1) is 0 Å². The molecule has 0 aliphatic carbocycles. The van der Waals surface area contributed by atoms with Gasteiger partial charge in [-0.1, -0.05) is 20.8 Å². The third-order valence-corrected chi connectivity index (χ3v) is 3.55. The number of likely N-dealkylation sites (N-methyl/N-ethyl adjacent to an activating group) is 1. The third-order valence-electron chi connectivity index (χ3n) is 3.55. The van der Waals surface area contributed by atoms with Crippen LogP contribution < -0.4 is 5.73 Å². The standard InChI is InChI=1S/C13H26N4/c1-10(13(2,3)4)16(5)9-12(14)11-7-15-17(6)8-11/h7-8,10,12H,9,14H2,1-6H3. The highest BCUT2D eigenvalue weighted by Gasteiger charge is 2.25. The predicted molar refractivity (Wildman–Crippen MR) is 71.7 cm³/mol. The molecule has 1 rings (SSSR count). The van der Waals surface area contributed by atoms with Gasteiger partial charge in [-0.3, -0.25) is 4.68 Å². The van der Waals surface area contributed by atoms with E-state index in [2.05, 4.69) is 44.7 Å². The van der Waals surface area contributed by atoms with Crippen molar-refractivity contribution in [2.75, 3.05) is 13.6 Å². The zero-order valence-corrected chi connectivity index (χ0v) is 11.9. The van der Waals surface area contributed by atoms with Crippen molar-refractivity contribution in [3.63, 3.8) is 0 Å². The summed E-state index contributed by atoms with van der Waals surface area (Å²) in [5.74, 6) is 0. The lowest BCUT2D eigenvalue weighted by molar-refractivity contribution is 0.134. The predicted octanol–water partition coefficient (Wildman–Crippen LogP) is 1.79. The van der Waals surface area contributed by atoms with E-state index in [0.717, 1.165) is 12.1 Å². The van der Waals surface area contributed by atoms with Crippen LogP contribution in [0, 0.1) is 5.41 Å². The fourth-order valence-corrected chi connectivity index (χ4v) is 1.87. The zero-order chi connectivity index (χ0) is 13.2. The third kappa shape index (κ3) is 3.82. The highest BCUT2D eigenvalue weighted by atomic mass is 15.2. The molecule has 0 amide bonds. The summed E-state index contributed by atoms with van der Waals surface area (Å²) in [4.78, 5) is 2.32. The zero-order valence-electron chi connectivity index (χ0n) is 11.9. The summed E-state index contributed by atoms with van der Waals surface area (Å²) in [6.07, 6.45) is 3.83. The topological polar surface area (TPSA) is 47.1 Å². The van der Waals surface area contributed by atoms with Crippen LogP contribution in [-0.4, -0.2) is 34.3 Å². The van der Waals surface area contributed by atoms with Crippen LogP contribution in [0.1, 0.15) is 39.3 Å². The van der Waals surface area contributed by atoms with E-state index < -0.39 is 0 Å². The molecule has 0 aliphatic rings. The maximum Gasteiger partial charge on any atom is 0.0537 e. The molecule has 0 aromatic carbocycles. The minimum absolute atomic E-state index is 0.0264. The number of nitrogens with zero attached hydrogens (tertiary/aromatic N) is 3. The van der Waals surface area contributed by atoms with Crippen molar-refractivity contribution in [2.24, 2.45) is 18.2 Å². The Kier molecular flexibility index (Phi) is 4.33. The first kappa shape index (κ1) is 14.2. The van der Waals surface area contributed by atoms with Gasteiger partial charge in [-0.05, 0) is 19.4 Å². The Bertz CT molecular complexity index is 351. The summed E-state index contributed by atoms with van der Waals surface area (Å²) in [5.41, 5.74) is 7.56. The maximum absolute atomic E-state index is 6.20. The van der Waals surface area contributed by atoms with Crippen molar-refractivity contribution in [1.82, 2.24) is 14.7 Å². The Labute approximate surface area is 105 Å². The molecule has 4 heteroatoms. The lowest BCUT2D eigenvalue weighted by Crippen LogP contribution is -2.42. The van der Waals surface area contributed by atoms with Gasteiger partial charge < -0.3 is 10.6 Å². The van der Waals surface area contributed by atoms with Gasteiger partial charge >= 0.3 is 0 Å². The Morgan fingerprint density at radius 1 is 1.47 bits per heavy atom. The smallest absolute Gasteiger partial charge is 0.0537 e. The highest BCUT2D eigenvalue weighted by Crippen LogP contribution is 2.24. The molecule has 2 N–H and O–H groups in total. The number of aryl methyl sites for hydroxylation is 1. The average molecular weight is 238 g/mol. The molecule has 0 saturated heterocycles. The summed E-state index contributed by atoms with van der Waals surface area (Å²) in [5, 5.41) is 4.16. The molecule has 0 fully saturated rings. The van der Waals surface area contributed by atoms with E-state index in [1.54, 1.807) is 4.68 Å². The summed E-state index contributed by atoms with van der Waals surface area (Å²) >= 11 is 0. The van der Waals surface area contributed by atoms with Gasteiger partial charge in [0.1, 0.15) is 0 Å². The summed E-state index contributed by atoms with van der Waals surface area (Å²) in [6.45, 7) is 9.86. The molecule has 2 unspecified atom stereocenters. The van der Waals surface area contributed by atoms with Crippen LogP contribution in [0.4, 0.5) is 0 Å². The molecule has 1 heterocycles. The average Bonchev–Trinajstić information content (AvgIpc) is 2.62. The number of aromatic nitrogens is 2. The molecule has 1 aromatic heterocycles. The van der Waals surface area contributed by atoms with Crippen LogP contribution in [-0.2, 0) is 7.05 Å². The Morgan fingerprint density at radius 3 is 2.47 bits per heavy atom. The minimum Gasteiger partial charge on any atom is -0.323 e. The van der Waals surface area contributed by atoms with Crippen molar-refractivity contribution in [2.45, 2.75) is 39.8 Å². The van der Waals surface area contributed by atoms with Crippen molar-refractivity contribution in [1.29, 1.82) is 0 Å². The van der Waals surface area contributed by atoms with Crippen LogP contribution in [0.2, 0.25) is 0 Å². The van der Waals surface area contributed by atoms with E-state index in [1.165, 1.54) is 0 Å². The first-order valence-corrected chi connectivity index (χ1v) is 6.16. The van der Waals surface area contributed by atoms with Crippen LogP contribution in [0.15, 0.2) is 12.4 Å². The van der Waals surface area contributed by atoms with Crippen LogP contribution in [0.25, 0.3) is 0 Å². The van der Waals surface area contributed by atoms with E-state index in [4.69, 9.17) is 5.73 Å². The Balaban J connectivity index is 2.60. The van der Waals surface area contributed by atoms with Crippen molar-refractivity contribution in [3.05, 3.63) is 18.0 Å². The van der Waals surface area contributed by atoms with Gasteiger partial charge in [-0.25, -0.2) is 0 Å². The van der Waals surface area contributed by atoms with Gasteiger partial charge in [0, 0.05) is 37.4 Å². The van der Waals surface area contributed by atoms with Gasteiger partial charge in [-0.2, -0.15) is 5.10 Å². The normalized spacial score (nSPS) is 16.2. The number of nitrogens with two attached hydrogens (primary N) is 1. The molecule has 2 atom stereocenters. The molecule has 1 aromatic rings. The van der Waals surface area contributed by atoms with E-state index in [9.17, 15) is 0 Å². The molecule has 0 radical (unpaired) electrons. The minimum atomic E-state index is 0.0264. The lowest BCUT2D eigenvalue weighted by Gasteiger charge is -2.36. The fraction of sp³-hybridized carbons (Fsp3) is 0.769. The Morgan fingerprint density at radius 2 is 2.06 bits per heavy atom. The second-order valence-electron chi connectivity index (χ2n) is 6.04. The van der Waals surface area contributed by atoms with Gasteiger partial charge in [0.15, 0.2) is 0 Å². The fourth-order valence-electron chi connectivity index (χ4n) is 1.87. The molecule has 0 spiro atoms. The number of rotatable bonds is 4. The largest absolute Gasteiger partial charge is 0.323 e. The van der Waals surface area contributed by atoms with Crippen molar-refractivity contribution < 1.29 is 0 Å². The van der Waals surface area contributed by atoms with Crippen LogP contribution >= 0.6 is 0 Å². The quantitative estimate of drug-likeness (QED) is 0.870. The van der Waals surface area contributed by atoms with Crippen LogP contribution in [0.3, 0.4) is 0 Å². The monoisotopic (exact) mass is 238 g/mol. The SMILES string of the molecule is CC(N(C)CC(N)c1cnn(C)c1)C(C)(C)C. The maximum atomic E-state index is 6.20. The van der Waals surface area contributed by atoms with Crippen LogP contribution in [0.5, 0.6) is 0 Å². The second kappa shape index (κ2) is 5.19. The van der Waals surface area contributed by atoms with Gasteiger partial charge in [0.25, 0.3) is 0 Å². The van der Waals surface area contributed by atoms with Gasteiger partial charge in [0.2, 0.25) is 0 Å². The lowest BCUT2D eigenvalue weighted by atomic mass is 9.87. The first-order chi connectivity index (χ1) is 7.71. The molecule has 98 valence electrons. The molecule has 4 nitrogen and oxygen atoms in total. The van der Waals surface area contributed by atoms with E-state index in [1.807, 2.05) is 19.4 Å². The molecule has 17 heavy (non-hydrogen) atoms. The summed E-state index contributed by atoms with van der Waals surface area (Å²) in [7, 11) is 4.05. The highest BCUT2D eigenvalue weighted by molar-refractivity contribution is 5.10. The summed E-state index contributed by atoms with van der Waals surface area (Å²) in [6, 6.07) is 0.517. The number of hydrogen-bond donors (Lipinski definition) is 1. The molecule has 0 aliphatic heterocycles. The van der Waals surface area contributed by atoms with Crippen molar-refractivity contribution >= 4 is 0 Å². The Hall–Kier alpha value is -0.870. The molecular weight excluding hydrogens is 212 g/mol. The first-order valence-electron chi connectivity index (χ1n) is 6.16. The molecule has 0 saturated carbocycles. The molecule has 0 bridgehead atoms. The van der Waals surface area contributed by atoms with Crippen molar-refractivity contribution in [3.8, 4) is 0 Å². The second-order valence-corrected chi connectivity index (χ2v) is 6.04. The number of hydrogen-bond acceptors (Lipinski definition) is 3. The summed E-state index contributed by atoms with van der Waals surface area (Å²) < 4.78 is 1.79.